The standard InChI is InChI=1S/C28H33NO3/c1-18-8-10-20(3)22(12-18)14-24-16-29(27(31)32-28(5,6)7)17-25(26(24)30)15-23-13-19(2)9-11-21(23)4/h8-15H,16-17H2,1-7H3/b24-14+,25-15+. The van der Waals surface area contributed by atoms with Crippen molar-refractivity contribution in [2.24, 2.45) is 0 Å². The predicted octanol–water partition coefficient (Wildman–Crippen LogP) is 6.21. The van der Waals surface area contributed by atoms with Crippen LogP contribution in [0.1, 0.15) is 54.2 Å². The van der Waals surface area contributed by atoms with Crippen LogP contribution in [0.2, 0.25) is 0 Å². The summed E-state index contributed by atoms with van der Waals surface area (Å²) in [4.78, 5) is 28.0. The lowest BCUT2D eigenvalue weighted by Crippen LogP contribution is -2.44. The maximum absolute atomic E-state index is 13.5. The van der Waals surface area contributed by atoms with E-state index in [1.54, 1.807) is 4.90 Å². The van der Waals surface area contributed by atoms with Crippen molar-refractivity contribution in [3.8, 4) is 0 Å². The molecule has 0 radical (unpaired) electrons. The van der Waals surface area contributed by atoms with Gasteiger partial charge in [0.05, 0.1) is 13.1 Å². The van der Waals surface area contributed by atoms with Crippen LogP contribution in [0, 0.1) is 27.7 Å². The van der Waals surface area contributed by atoms with Gasteiger partial charge in [-0.25, -0.2) is 4.79 Å². The van der Waals surface area contributed by atoms with E-state index in [1.807, 2.05) is 72.8 Å². The van der Waals surface area contributed by atoms with Gasteiger partial charge in [0.2, 0.25) is 0 Å². The molecule has 0 aliphatic carbocycles. The maximum Gasteiger partial charge on any atom is 0.410 e. The summed E-state index contributed by atoms with van der Waals surface area (Å²) in [6.07, 6.45) is 3.42. The average molecular weight is 432 g/mol. The first-order valence-corrected chi connectivity index (χ1v) is 11.0. The average Bonchev–Trinajstić information content (AvgIpc) is 2.69. The van der Waals surface area contributed by atoms with Gasteiger partial charge in [-0.2, -0.15) is 0 Å². The molecule has 4 nitrogen and oxygen atoms in total. The lowest BCUT2D eigenvalue weighted by molar-refractivity contribution is -0.113. The zero-order valence-electron chi connectivity index (χ0n) is 20.2. The van der Waals surface area contributed by atoms with Crippen LogP contribution in [0.5, 0.6) is 0 Å². The van der Waals surface area contributed by atoms with Crippen LogP contribution in [-0.4, -0.2) is 35.5 Å². The highest BCUT2D eigenvalue weighted by Crippen LogP contribution is 2.26. The second kappa shape index (κ2) is 9.15. The number of benzene rings is 2. The molecule has 2 aromatic carbocycles. The molecule has 3 rings (SSSR count). The Hall–Kier alpha value is -3.14. The Kier molecular flexibility index (Phi) is 6.73. The maximum atomic E-state index is 13.5. The van der Waals surface area contributed by atoms with E-state index in [0.717, 1.165) is 33.4 Å². The van der Waals surface area contributed by atoms with E-state index in [4.69, 9.17) is 4.74 Å². The number of hydrogen-bond donors (Lipinski definition) is 0. The van der Waals surface area contributed by atoms with Crippen molar-refractivity contribution in [2.45, 2.75) is 54.1 Å². The van der Waals surface area contributed by atoms with Gasteiger partial charge in [0.15, 0.2) is 5.78 Å². The summed E-state index contributed by atoms with van der Waals surface area (Å²) < 4.78 is 5.62. The minimum Gasteiger partial charge on any atom is -0.444 e. The molecule has 0 unspecified atom stereocenters. The van der Waals surface area contributed by atoms with Gasteiger partial charge in [0.1, 0.15) is 5.60 Å². The third-order valence-electron chi connectivity index (χ3n) is 5.49. The summed E-state index contributed by atoms with van der Waals surface area (Å²) in [6.45, 7) is 14.1. The molecular weight excluding hydrogens is 398 g/mol. The molecular formula is C28H33NO3. The fourth-order valence-corrected chi connectivity index (χ4v) is 3.70. The molecule has 1 fully saturated rings. The summed E-state index contributed by atoms with van der Waals surface area (Å²) in [7, 11) is 0. The number of nitrogens with zero attached hydrogens (tertiary/aromatic N) is 1. The van der Waals surface area contributed by atoms with Crippen molar-refractivity contribution in [1.82, 2.24) is 4.90 Å². The second-order valence-corrected chi connectivity index (χ2v) is 9.72. The summed E-state index contributed by atoms with van der Waals surface area (Å²) in [5.41, 5.74) is 6.99. The lowest BCUT2D eigenvalue weighted by atomic mass is 9.92. The Bertz CT molecular complexity index is 1040. The van der Waals surface area contributed by atoms with Crippen LogP contribution in [0.25, 0.3) is 12.2 Å². The third kappa shape index (κ3) is 5.76. The van der Waals surface area contributed by atoms with Crippen LogP contribution in [0.15, 0.2) is 47.5 Å². The largest absolute Gasteiger partial charge is 0.444 e. The summed E-state index contributed by atoms with van der Waals surface area (Å²) >= 11 is 0. The van der Waals surface area contributed by atoms with Crippen molar-refractivity contribution in [3.63, 3.8) is 0 Å². The molecule has 0 atom stereocenters. The smallest absolute Gasteiger partial charge is 0.410 e. The summed E-state index contributed by atoms with van der Waals surface area (Å²) in [5.74, 6) is -0.0216. The van der Waals surface area contributed by atoms with E-state index >= 15 is 0 Å². The van der Waals surface area contributed by atoms with Gasteiger partial charge in [0, 0.05) is 11.1 Å². The molecule has 1 amide bonds. The van der Waals surface area contributed by atoms with Crippen LogP contribution in [0.4, 0.5) is 4.79 Å². The van der Waals surface area contributed by atoms with Crippen molar-refractivity contribution < 1.29 is 14.3 Å². The molecule has 168 valence electrons. The molecule has 0 aromatic heterocycles. The Morgan fingerprint density at radius 3 is 1.69 bits per heavy atom. The number of ketones is 1. The minimum atomic E-state index is -0.605. The number of aryl methyl sites for hydroxylation is 4. The highest BCUT2D eigenvalue weighted by Gasteiger charge is 2.32. The monoisotopic (exact) mass is 431 g/mol. The highest BCUT2D eigenvalue weighted by atomic mass is 16.6. The molecule has 0 saturated carbocycles. The first-order valence-electron chi connectivity index (χ1n) is 11.0. The fraction of sp³-hybridized carbons (Fsp3) is 0.357. The Morgan fingerprint density at radius 2 is 1.28 bits per heavy atom. The molecule has 2 aromatic rings. The number of likely N-dealkylation sites (tertiary alicyclic amines) is 1. The van der Waals surface area contributed by atoms with E-state index < -0.39 is 11.7 Å². The molecule has 1 aliphatic rings. The number of carbonyl (C=O) groups excluding carboxylic acids is 2. The number of rotatable bonds is 2. The minimum absolute atomic E-state index is 0.0216. The van der Waals surface area contributed by atoms with Gasteiger partial charge in [-0.1, -0.05) is 47.5 Å². The summed E-state index contributed by atoms with van der Waals surface area (Å²) in [5, 5.41) is 0. The topological polar surface area (TPSA) is 46.6 Å². The normalized spacial score (nSPS) is 17.2. The van der Waals surface area contributed by atoms with Gasteiger partial charge in [-0.15, -0.1) is 0 Å². The Balaban J connectivity index is 2.06. The molecule has 1 saturated heterocycles. The van der Waals surface area contributed by atoms with Gasteiger partial charge in [0.25, 0.3) is 0 Å². The van der Waals surface area contributed by atoms with Crippen molar-refractivity contribution in [2.75, 3.05) is 13.1 Å². The molecule has 0 N–H and O–H groups in total. The number of piperidine rings is 1. The molecule has 1 aliphatic heterocycles. The van der Waals surface area contributed by atoms with Crippen LogP contribution < -0.4 is 0 Å². The van der Waals surface area contributed by atoms with Gasteiger partial charge >= 0.3 is 6.09 Å². The van der Waals surface area contributed by atoms with E-state index in [2.05, 4.69) is 24.3 Å². The number of amides is 1. The number of Topliss-reactive ketones (excluding diaryl/α,β-unsaturated/α-hetero) is 1. The predicted molar refractivity (Wildman–Crippen MR) is 131 cm³/mol. The van der Waals surface area contributed by atoms with Crippen molar-refractivity contribution in [3.05, 3.63) is 80.9 Å². The summed E-state index contributed by atoms with van der Waals surface area (Å²) in [6, 6.07) is 12.3. The molecule has 0 spiro atoms. The lowest BCUT2D eigenvalue weighted by Gasteiger charge is -2.32. The molecule has 1 heterocycles. The molecule has 4 heteroatoms. The van der Waals surface area contributed by atoms with Crippen LogP contribution in [-0.2, 0) is 9.53 Å². The van der Waals surface area contributed by atoms with Gasteiger partial charge in [-0.3, -0.25) is 9.69 Å². The van der Waals surface area contributed by atoms with E-state index in [9.17, 15) is 9.59 Å². The van der Waals surface area contributed by atoms with E-state index in [-0.39, 0.29) is 18.9 Å². The van der Waals surface area contributed by atoms with E-state index in [0.29, 0.717) is 11.1 Å². The highest BCUT2D eigenvalue weighted by molar-refractivity contribution is 6.15. The van der Waals surface area contributed by atoms with Gasteiger partial charge in [-0.05, 0) is 82.9 Å². The number of hydrogen-bond acceptors (Lipinski definition) is 3. The Labute approximate surface area is 191 Å². The SMILES string of the molecule is Cc1ccc(C)c(/C=C2\CN(C(=O)OC(C)(C)C)C/C(=C\c3cc(C)ccc3C)C2=O)c1. The first kappa shape index (κ1) is 23.5. The van der Waals surface area contributed by atoms with Crippen LogP contribution in [0.3, 0.4) is 0 Å². The zero-order valence-corrected chi connectivity index (χ0v) is 20.2. The quantitative estimate of drug-likeness (QED) is 0.531. The number of carbonyl (C=O) groups is 2. The first-order chi connectivity index (χ1) is 14.9. The van der Waals surface area contributed by atoms with Crippen molar-refractivity contribution >= 4 is 24.0 Å². The Morgan fingerprint density at radius 1 is 0.844 bits per heavy atom. The van der Waals surface area contributed by atoms with E-state index in [1.165, 1.54) is 0 Å². The molecule has 32 heavy (non-hydrogen) atoms. The molecule has 0 bridgehead atoms. The number of ether oxygens (including phenoxy) is 1. The zero-order chi connectivity index (χ0) is 23.6. The van der Waals surface area contributed by atoms with Crippen LogP contribution >= 0.6 is 0 Å². The third-order valence-corrected chi connectivity index (χ3v) is 5.49. The van der Waals surface area contributed by atoms with Crippen molar-refractivity contribution in [1.29, 1.82) is 0 Å². The van der Waals surface area contributed by atoms with Gasteiger partial charge < -0.3 is 4.74 Å². The fourth-order valence-electron chi connectivity index (χ4n) is 3.70. The second-order valence-electron chi connectivity index (χ2n) is 9.72.